The van der Waals surface area contributed by atoms with Gasteiger partial charge in [0.05, 0.1) is 23.5 Å². The second-order valence-electron chi connectivity index (χ2n) is 11.7. The zero-order valence-corrected chi connectivity index (χ0v) is 19.6. The zero-order chi connectivity index (χ0) is 22.3. The number of aromatic nitrogens is 2. The maximum Gasteiger partial charge on any atom is 0.135 e. The Balaban J connectivity index is 1.41. The monoisotopic (exact) mass is 432 g/mol. The highest BCUT2D eigenvalue weighted by atomic mass is 16.3. The van der Waals surface area contributed by atoms with Crippen LogP contribution in [0.4, 0.5) is 0 Å². The minimum Gasteiger partial charge on any atom is -0.393 e. The fourth-order valence-corrected chi connectivity index (χ4v) is 8.91. The molecule has 0 aliphatic heterocycles. The quantitative estimate of drug-likeness (QED) is 0.618. The van der Waals surface area contributed by atoms with Crippen LogP contribution in [0.2, 0.25) is 0 Å². The van der Waals surface area contributed by atoms with Crippen LogP contribution in [0.3, 0.4) is 0 Å². The molecule has 1 aromatic heterocycles. The van der Waals surface area contributed by atoms with Gasteiger partial charge < -0.3 is 9.67 Å². The summed E-state index contributed by atoms with van der Waals surface area (Å²) in [7, 11) is 0. The number of para-hydroxylation sites is 2. The number of nitrogens with zero attached hydrogens (tertiary/aromatic N) is 2. The molecule has 4 heteroatoms. The van der Waals surface area contributed by atoms with Crippen molar-refractivity contribution in [3.63, 3.8) is 0 Å². The third kappa shape index (κ3) is 2.71. The molecule has 6 rings (SSSR count). The standard InChI is InChI=1S/C28H36N2O2/c1-17(31)26-25(30-16-29-23-6-4-5-7-24(23)30)15-22-20-9-8-18-14-19(32)10-12-27(18,2)21(20)11-13-28(22,26)3/h4-8,16,19-22,25-26,32H,9-15H2,1-3H3/t19?,20-,21+,22+,25-,26+,27+,28+/m1/s1. The van der Waals surface area contributed by atoms with Gasteiger partial charge in [-0.2, -0.15) is 0 Å². The molecule has 1 aromatic carbocycles. The Morgan fingerprint density at radius 1 is 1.16 bits per heavy atom. The zero-order valence-electron chi connectivity index (χ0n) is 19.6. The van der Waals surface area contributed by atoms with E-state index in [0.717, 1.165) is 49.6 Å². The predicted molar refractivity (Wildman–Crippen MR) is 126 cm³/mol. The van der Waals surface area contributed by atoms with E-state index in [1.165, 1.54) is 12.0 Å². The number of aliphatic hydroxyl groups excluding tert-OH is 1. The molecule has 3 fully saturated rings. The molecule has 0 bridgehead atoms. The highest BCUT2D eigenvalue weighted by Crippen LogP contribution is 2.68. The van der Waals surface area contributed by atoms with Crippen LogP contribution in [0, 0.1) is 34.5 Å². The van der Waals surface area contributed by atoms with E-state index >= 15 is 0 Å². The first-order valence-electron chi connectivity index (χ1n) is 12.6. The molecule has 4 aliphatic carbocycles. The predicted octanol–water partition coefficient (Wildman–Crippen LogP) is 5.72. The van der Waals surface area contributed by atoms with E-state index in [2.05, 4.69) is 47.7 Å². The van der Waals surface area contributed by atoms with Crippen LogP contribution in [-0.4, -0.2) is 26.5 Å². The topological polar surface area (TPSA) is 55.1 Å². The number of allylic oxidation sites excluding steroid dienone is 1. The minimum atomic E-state index is -0.160. The van der Waals surface area contributed by atoms with E-state index in [-0.39, 0.29) is 28.9 Å². The number of Topliss-reactive ketones (excluding diaryl/α,β-unsaturated/α-hetero) is 1. The molecule has 170 valence electrons. The van der Waals surface area contributed by atoms with Crippen molar-refractivity contribution in [2.24, 2.45) is 34.5 Å². The lowest BCUT2D eigenvalue weighted by molar-refractivity contribution is -0.128. The van der Waals surface area contributed by atoms with Crippen molar-refractivity contribution in [3.05, 3.63) is 42.2 Å². The summed E-state index contributed by atoms with van der Waals surface area (Å²) in [5.74, 6) is 2.27. The van der Waals surface area contributed by atoms with Crippen molar-refractivity contribution < 1.29 is 9.90 Å². The lowest BCUT2D eigenvalue weighted by atomic mass is 9.47. The van der Waals surface area contributed by atoms with Crippen LogP contribution < -0.4 is 0 Å². The Labute approximate surface area is 191 Å². The fourth-order valence-electron chi connectivity index (χ4n) is 8.91. The number of carbonyl (C=O) groups is 1. The molecule has 1 heterocycles. The van der Waals surface area contributed by atoms with Crippen molar-refractivity contribution >= 4 is 16.8 Å². The number of ketones is 1. The highest BCUT2D eigenvalue weighted by Gasteiger charge is 2.62. The molecule has 2 aromatic rings. The number of rotatable bonds is 2. The van der Waals surface area contributed by atoms with Crippen LogP contribution in [0.5, 0.6) is 0 Å². The van der Waals surface area contributed by atoms with Crippen LogP contribution >= 0.6 is 0 Å². The molecule has 0 spiro atoms. The smallest absolute Gasteiger partial charge is 0.135 e. The minimum absolute atomic E-state index is 0.0532. The number of carbonyl (C=O) groups excluding carboxylic acids is 1. The first-order valence-corrected chi connectivity index (χ1v) is 12.6. The number of hydrogen-bond donors (Lipinski definition) is 1. The largest absolute Gasteiger partial charge is 0.393 e. The fraction of sp³-hybridized carbons (Fsp3) is 0.643. The number of benzene rings is 1. The van der Waals surface area contributed by atoms with Gasteiger partial charge >= 0.3 is 0 Å². The van der Waals surface area contributed by atoms with Crippen LogP contribution in [0.1, 0.15) is 71.8 Å². The van der Waals surface area contributed by atoms with Gasteiger partial charge in [0, 0.05) is 12.0 Å². The molecule has 0 radical (unpaired) electrons. The van der Waals surface area contributed by atoms with E-state index < -0.39 is 0 Å². The van der Waals surface area contributed by atoms with Gasteiger partial charge in [-0.1, -0.05) is 37.6 Å². The van der Waals surface area contributed by atoms with Crippen molar-refractivity contribution in [1.82, 2.24) is 9.55 Å². The van der Waals surface area contributed by atoms with Gasteiger partial charge in [0.15, 0.2) is 0 Å². The maximum atomic E-state index is 13.2. The molecule has 4 nitrogen and oxygen atoms in total. The van der Waals surface area contributed by atoms with E-state index in [1.807, 2.05) is 19.3 Å². The Morgan fingerprint density at radius 3 is 2.78 bits per heavy atom. The van der Waals surface area contributed by atoms with Crippen molar-refractivity contribution in [2.75, 3.05) is 0 Å². The van der Waals surface area contributed by atoms with Gasteiger partial charge in [0.25, 0.3) is 0 Å². The van der Waals surface area contributed by atoms with E-state index in [9.17, 15) is 9.90 Å². The summed E-state index contributed by atoms with van der Waals surface area (Å²) < 4.78 is 2.32. The first-order chi connectivity index (χ1) is 15.3. The molecule has 3 saturated carbocycles. The van der Waals surface area contributed by atoms with Gasteiger partial charge in [0.2, 0.25) is 0 Å². The Morgan fingerprint density at radius 2 is 1.97 bits per heavy atom. The normalized spacial score (nSPS) is 43.3. The summed E-state index contributed by atoms with van der Waals surface area (Å²) >= 11 is 0. The number of fused-ring (bicyclic) bond motifs is 6. The second kappa shape index (κ2) is 7.03. The molecule has 4 aliphatic rings. The average Bonchev–Trinajstić information content (AvgIpc) is 3.32. The number of hydrogen-bond acceptors (Lipinski definition) is 3. The Kier molecular flexibility index (Phi) is 4.54. The summed E-state index contributed by atoms with van der Waals surface area (Å²) in [6.07, 6.45) is 11.7. The Hall–Kier alpha value is -1.94. The first kappa shape index (κ1) is 20.7. The molecule has 0 saturated heterocycles. The van der Waals surface area contributed by atoms with Gasteiger partial charge in [0.1, 0.15) is 5.78 Å². The third-order valence-electron chi connectivity index (χ3n) is 10.4. The second-order valence-corrected chi connectivity index (χ2v) is 11.7. The molecular weight excluding hydrogens is 396 g/mol. The van der Waals surface area contributed by atoms with Crippen molar-refractivity contribution in [2.45, 2.75) is 77.9 Å². The van der Waals surface area contributed by atoms with E-state index in [0.29, 0.717) is 23.5 Å². The van der Waals surface area contributed by atoms with Gasteiger partial charge in [-0.25, -0.2) is 4.98 Å². The van der Waals surface area contributed by atoms with Crippen molar-refractivity contribution in [1.29, 1.82) is 0 Å². The molecular formula is C28H36N2O2. The lowest BCUT2D eigenvalue weighted by Gasteiger charge is -2.57. The van der Waals surface area contributed by atoms with Crippen LogP contribution in [-0.2, 0) is 4.79 Å². The summed E-state index contributed by atoms with van der Waals surface area (Å²) in [6.45, 7) is 6.72. The highest BCUT2D eigenvalue weighted by molar-refractivity contribution is 5.81. The summed E-state index contributed by atoms with van der Waals surface area (Å²) in [4.78, 5) is 17.8. The average molecular weight is 433 g/mol. The number of aliphatic hydroxyl groups is 1. The number of imidazole rings is 1. The van der Waals surface area contributed by atoms with E-state index in [4.69, 9.17) is 0 Å². The van der Waals surface area contributed by atoms with Gasteiger partial charge in [-0.3, -0.25) is 4.79 Å². The van der Waals surface area contributed by atoms with Gasteiger partial charge in [-0.15, -0.1) is 0 Å². The Bertz CT molecular complexity index is 1100. The van der Waals surface area contributed by atoms with Crippen LogP contribution in [0.15, 0.2) is 42.2 Å². The molecule has 1 unspecified atom stereocenters. The van der Waals surface area contributed by atoms with Crippen molar-refractivity contribution in [3.8, 4) is 0 Å². The SMILES string of the molecule is CC(=O)[C@H]1[C@H](n2cnc3ccccc32)C[C@H]2[C@@H]3CC=C4CC(O)CC[C@]4(C)[C@H]3CC[C@@]21C. The summed E-state index contributed by atoms with van der Waals surface area (Å²) in [5.41, 5.74) is 3.97. The van der Waals surface area contributed by atoms with E-state index in [1.54, 1.807) is 0 Å². The summed E-state index contributed by atoms with van der Waals surface area (Å²) in [6, 6.07) is 8.53. The summed E-state index contributed by atoms with van der Waals surface area (Å²) in [5, 5.41) is 10.3. The molecule has 0 amide bonds. The van der Waals surface area contributed by atoms with Crippen LogP contribution in [0.25, 0.3) is 11.0 Å². The third-order valence-corrected chi connectivity index (χ3v) is 10.4. The molecule has 1 N–H and O–H groups in total. The molecule has 32 heavy (non-hydrogen) atoms. The lowest BCUT2D eigenvalue weighted by Crippen LogP contribution is -2.51. The van der Waals surface area contributed by atoms with Gasteiger partial charge in [-0.05, 0) is 92.6 Å². The molecule has 8 atom stereocenters. The maximum absolute atomic E-state index is 13.2.